The zero-order chi connectivity index (χ0) is 14.8. The summed E-state index contributed by atoms with van der Waals surface area (Å²) in [6.45, 7) is 2.69. The molecule has 1 aromatic heterocycles. The molecule has 0 saturated carbocycles. The van der Waals surface area contributed by atoms with Crippen molar-refractivity contribution in [3.8, 4) is 0 Å². The second-order valence-corrected chi connectivity index (χ2v) is 5.21. The number of aromatic nitrogens is 2. The van der Waals surface area contributed by atoms with Crippen molar-refractivity contribution in [3.05, 3.63) is 30.0 Å². The first-order valence-corrected chi connectivity index (χ1v) is 6.91. The fourth-order valence-electron chi connectivity index (χ4n) is 2.71. The summed E-state index contributed by atoms with van der Waals surface area (Å²) in [6, 6.07) is 8.17. The molecule has 7 nitrogen and oxygen atoms in total. The van der Waals surface area contributed by atoms with Gasteiger partial charge >= 0.3 is 0 Å². The Balaban J connectivity index is 1.79. The SMILES string of the molecule is Cn1nc(CN2CCOC(C(N)=NO)C2)c2ccccc21. The number of aryl methyl sites for hydroxylation is 1. The van der Waals surface area contributed by atoms with Crippen molar-refractivity contribution in [3.63, 3.8) is 0 Å². The predicted molar refractivity (Wildman–Crippen MR) is 79.1 cm³/mol. The number of benzene rings is 1. The highest BCUT2D eigenvalue weighted by atomic mass is 16.5. The molecule has 21 heavy (non-hydrogen) atoms. The minimum absolute atomic E-state index is 0.116. The van der Waals surface area contributed by atoms with Crippen LogP contribution < -0.4 is 5.73 Å². The van der Waals surface area contributed by atoms with Gasteiger partial charge in [0.05, 0.1) is 17.8 Å². The van der Waals surface area contributed by atoms with Gasteiger partial charge in [0, 0.05) is 32.1 Å². The van der Waals surface area contributed by atoms with Crippen LogP contribution in [0.3, 0.4) is 0 Å². The molecule has 1 atom stereocenters. The van der Waals surface area contributed by atoms with Crippen LogP contribution in [-0.4, -0.2) is 51.5 Å². The van der Waals surface area contributed by atoms with Crippen molar-refractivity contribution in [2.75, 3.05) is 19.7 Å². The number of hydrogen-bond acceptors (Lipinski definition) is 5. The summed E-state index contributed by atoms with van der Waals surface area (Å²) in [5.74, 6) is 0.116. The van der Waals surface area contributed by atoms with Gasteiger partial charge in [0.15, 0.2) is 5.84 Å². The lowest BCUT2D eigenvalue weighted by Crippen LogP contribution is -2.48. The van der Waals surface area contributed by atoms with Crippen molar-refractivity contribution in [1.29, 1.82) is 0 Å². The zero-order valence-corrected chi connectivity index (χ0v) is 11.9. The highest BCUT2D eigenvalue weighted by molar-refractivity contribution is 5.84. The van der Waals surface area contributed by atoms with Crippen LogP contribution in [0, 0.1) is 0 Å². The highest BCUT2D eigenvalue weighted by Gasteiger charge is 2.25. The van der Waals surface area contributed by atoms with Gasteiger partial charge in [-0.15, -0.1) is 0 Å². The van der Waals surface area contributed by atoms with E-state index < -0.39 is 0 Å². The Kier molecular flexibility index (Phi) is 3.76. The molecule has 3 rings (SSSR count). The number of para-hydroxylation sites is 1. The van der Waals surface area contributed by atoms with Crippen LogP contribution in [0.15, 0.2) is 29.4 Å². The first kappa shape index (κ1) is 13.8. The fraction of sp³-hybridized carbons (Fsp3) is 0.429. The van der Waals surface area contributed by atoms with Gasteiger partial charge in [-0.3, -0.25) is 9.58 Å². The third-order valence-corrected chi connectivity index (χ3v) is 3.80. The van der Waals surface area contributed by atoms with Crippen molar-refractivity contribution in [1.82, 2.24) is 14.7 Å². The molecule has 0 aliphatic carbocycles. The normalized spacial score (nSPS) is 21.0. The average molecular weight is 289 g/mol. The number of fused-ring (bicyclic) bond motifs is 1. The first-order valence-electron chi connectivity index (χ1n) is 6.91. The van der Waals surface area contributed by atoms with E-state index in [2.05, 4.69) is 27.3 Å². The van der Waals surface area contributed by atoms with E-state index in [4.69, 9.17) is 15.7 Å². The molecule has 1 aromatic carbocycles. The predicted octanol–water partition coefficient (Wildman–Crippen LogP) is 0.521. The van der Waals surface area contributed by atoms with E-state index in [1.807, 2.05) is 23.9 Å². The quantitative estimate of drug-likeness (QED) is 0.372. The number of nitrogens with two attached hydrogens (primary N) is 1. The minimum Gasteiger partial charge on any atom is -0.409 e. The second kappa shape index (κ2) is 5.71. The lowest BCUT2D eigenvalue weighted by molar-refractivity contribution is 0.00107. The Bertz CT molecular complexity index is 666. The Hall–Kier alpha value is -2.12. The van der Waals surface area contributed by atoms with Gasteiger partial charge in [-0.05, 0) is 6.07 Å². The van der Waals surface area contributed by atoms with Crippen molar-refractivity contribution in [2.24, 2.45) is 17.9 Å². The molecule has 3 N–H and O–H groups in total. The maximum absolute atomic E-state index is 8.76. The Morgan fingerprint density at radius 3 is 3.14 bits per heavy atom. The van der Waals surface area contributed by atoms with Gasteiger partial charge in [0.1, 0.15) is 6.10 Å². The Morgan fingerprint density at radius 1 is 1.52 bits per heavy atom. The van der Waals surface area contributed by atoms with Gasteiger partial charge in [-0.2, -0.15) is 5.10 Å². The summed E-state index contributed by atoms with van der Waals surface area (Å²) in [5, 5.41) is 17.5. The number of morpholine rings is 1. The van der Waals surface area contributed by atoms with Crippen molar-refractivity contribution in [2.45, 2.75) is 12.6 Å². The van der Waals surface area contributed by atoms with E-state index in [-0.39, 0.29) is 11.9 Å². The van der Waals surface area contributed by atoms with Crippen LogP contribution in [0.1, 0.15) is 5.69 Å². The van der Waals surface area contributed by atoms with E-state index in [9.17, 15) is 0 Å². The van der Waals surface area contributed by atoms with Crippen LogP contribution >= 0.6 is 0 Å². The monoisotopic (exact) mass is 289 g/mol. The molecule has 1 fully saturated rings. The molecule has 0 spiro atoms. The number of oxime groups is 1. The maximum Gasteiger partial charge on any atom is 0.169 e. The molecule has 1 aliphatic heterocycles. The molecule has 7 heteroatoms. The molecule has 0 amide bonds. The lowest BCUT2D eigenvalue weighted by Gasteiger charge is -2.31. The molecular weight excluding hydrogens is 270 g/mol. The van der Waals surface area contributed by atoms with Gasteiger partial charge < -0.3 is 15.7 Å². The lowest BCUT2D eigenvalue weighted by atomic mass is 10.2. The maximum atomic E-state index is 8.76. The summed E-state index contributed by atoms with van der Waals surface area (Å²) in [6.07, 6.45) is -0.362. The first-order chi connectivity index (χ1) is 10.2. The van der Waals surface area contributed by atoms with Crippen LogP contribution in [0.5, 0.6) is 0 Å². The average Bonchev–Trinajstić information content (AvgIpc) is 2.83. The molecule has 2 heterocycles. The van der Waals surface area contributed by atoms with Crippen molar-refractivity contribution >= 4 is 16.7 Å². The smallest absolute Gasteiger partial charge is 0.169 e. The summed E-state index contributed by atoms with van der Waals surface area (Å²) in [7, 11) is 1.95. The van der Waals surface area contributed by atoms with Gasteiger partial charge in [-0.1, -0.05) is 23.4 Å². The third-order valence-electron chi connectivity index (χ3n) is 3.80. The largest absolute Gasteiger partial charge is 0.409 e. The molecule has 0 bridgehead atoms. The van der Waals surface area contributed by atoms with Crippen LogP contribution in [0.2, 0.25) is 0 Å². The molecule has 1 aliphatic rings. The minimum atomic E-state index is -0.362. The van der Waals surface area contributed by atoms with Crippen molar-refractivity contribution < 1.29 is 9.94 Å². The zero-order valence-electron chi connectivity index (χ0n) is 11.9. The third kappa shape index (κ3) is 2.70. The number of amidine groups is 1. The standard InChI is InChI=1S/C14H19N5O2/c1-18-12-5-3-2-4-10(12)11(16-18)8-19-6-7-21-13(9-19)14(15)17-20/h2-5,13,20H,6-9H2,1H3,(H2,15,17). The molecule has 112 valence electrons. The van der Waals surface area contributed by atoms with Crippen LogP contribution in [0.25, 0.3) is 10.9 Å². The molecule has 2 aromatic rings. The summed E-state index contributed by atoms with van der Waals surface area (Å²) < 4.78 is 7.40. The number of rotatable bonds is 3. The van der Waals surface area contributed by atoms with Gasteiger partial charge in [-0.25, -0.2) is 0 Å². The van der Waals surface area contributed by atoms with Gasteiger partial charge in [0.25, 0.3) is 0 Å². The summed E-state index contributed by atoms with van der Waals surface area (Å²) in [4.78, 5) is 2.21. The molecule has 1 saturated heterocycles. The molecule has 0 radical (unpaired) electrons. The van der Waals surface area contributed by atoms with E-state index in [1.165, 1.54) is 0 Å². The van der Waals surface area contributed by atoms with E-state index in [0.717, 1.165) is 29.7 Å². The number of ether oxygens (including phenoxy) is 1. The van der Waals surface area contributed by atoms with Gasteiger partial charge in [0.2, 0.25) is 0 Å². The molecule has 1 unspecified atom stereocenters. The summed E-state index contributed by atoms with van der Waals surface area (Å²) >= 11 is 0. The molecular formula is C14H19N5O2. The summed E-state index contributed by atoms with van der Waals surface area (Å²) in [5.41, 5.74) is 7.78. The topological polar surface area (TPSA) is 88.9 Å². The van der Waals surface area contributed by atoms with Crippen LogP contribution in [0.4, 0.5) is 0 Å². The Labute approximate surface area is 122 Å². The Morgan fingerprint density at radius 2 is 2.33 bits per heavy atom. The van der Waals surface area contributed by atoms with Crippen LogP contribution in [-0.2, 0) is 18.3 Å². The highest BCUT2D eigenvalue weighted by Crippen LogP contribution is 2.20. The number of nitrogens with zero attached hydrogens (tertiary/aromatic N) is 4. The fourth-order valence-corrected chi connectivity index (χ4v) is 2.71. The van der Waals surface area contributed by atoms with E-state index >= 15 is 0 Å². The van der Waals surface area contributed by atoms with E-state index in [1.54, 1.807) is 0 Å². The number of hydrogen-bond donors (Lipinski definition) is 2. The van der Waals surface area contributed by atoms with E-state index in [0.29, 0.717) is 13.2 Å². The second-order valence-electron chi connectivity index (χ2n) is 5.21.